The van der Waals surface area contributed by atoms with Crippen LogP contribution in [0.5, 0.6) is 0 Å². The number of fused-ring (bicyclic) bond motifs is 1. The van der Waals surface area contributed by atoms with Crippen LogP contribution in [0.2, 0.25) is 0 Å². The first-order valence-corrected chi connectivity index (χ1v) is 4.51. The Morgan fingerprint density at radius 3 is 2.59 bits per heavy atom. The maximum Gasteiger partial charge on any atom is 0.449 e. The molecule has 1 heterocycles. The molecule has 0 atom stereocenters. The molecule has 1 aromatic carbocycles. The van der Waals surface area contributed by atoms with E-state index in [1.165, 1.54) is 13.0 Å². The van der Waals surface area contributed by atoms with Crippen LogP contribution < -0.4 is 0 Å². The Morgan fingerprint density at radius 2 is 2.06 bits per heavy atom. The molecule has 0 saturated carbocycles. The van der Waals surface area contributed by atoms with E-state index in [1.54, 1.807) is 0 Å². The number of non-ortho nitro benzene ring substituents is 1. The summed E-state index contributed by atoms with van der Waals surface area (Å²) in [4.78, 5) is 15.3. The second-order valence-electron chi connectivity index (χ2n) is 3.50. The highest BCUT2D eigenvalue weighted by atomic mass is 19.4. The van der Waals surface area contributed by atoms with Crippen molar-refractivity contribution in [2.45, 2.75) is 13.1 Å². The minimum Gasteiger partial charge on any atom is -0.334 e. The van der Waals surface area contributed by atoms with Crippen LogP contribution in [0.4, 0.5) is 18.9 Å². The number of nitrogens with zero attached hydrogens (tertiary/aromatic N) is 2. The maximum atomic E-state index is 12.4. The summed E-state index contributed by atoms with van der Waals surface area (Å²) in [6.45, 7) is 1.47. The van der Waals surface area contributed by atoms with Gasteiger partial charge >= 0.3 is 6.18 Å². The molecule has 90 valence electrons. The van der Waals surface area contributed by atoms with Crippen molar-refractivity contribution in [1.82, 2.24) is 9.97 Å². The van der Waals surface area contributed by atoms with Gasteiger partial charge < -0.3 is 4.98 Å². The van der Waals surface area contributed by atoms with Gasteiger partial charge in [0.25, 0.3) is 5.69 Å². The molecule has 2 rings (SSSR count). The number of nitrogens with one attached hydrogen (secondary N) is 1. The van der Waals surface area contributed by atoms with Crippen LogP contribution in [0.15, 0.2) is 12.1 Å². The van der Waals surface area contributed by atoms with Gasteiger partial charge in [0.1, 0.15) is 0 Å². The van der Waals surface area contributed by atoms with Crippen molar-refractivity contribution in [3.05, 3.63) is 33.6 Å². The largest absolute Gasteiger partial charge is 0.449 e. The molecule has 0 fully saturated rings. The number of H-pyrrole nitrogens is 1. The molecular formula is C9H6F3N3O2. The third-order valence-corrected chi connectivity index (χ3v) is 2.24. The van der Waals surface area contributed by atoms with Crippen molar-refractivity contribution in [2.24, 2.45) is 0 Å². The van der Waals surface area contributed by atoms with Crippen molar-refractivity contribution < 1.29 is 18.1 Å². The van der Waals surface area contributed by atoms with Gasteiger partial charge in [0.2, 0.25) is 5.82 Å². The van der Waals surface area contributed by atoms with Crippen LogP contribution in [0.3, 0.4) is 0 Å². The number of aromatic nitrogens is 2. The molecule has 1 aromatic heterocycles. The van der Waals surface area contributed by atoms with E-state index in [2.05, 4.69) is 4.98 Å². The number of alkyl halides is 3. The lowest BCUT2D eigenvalue weighted by Gasteiger charge is -1.98. The van der Waals surface area contributed by atoms with Gasteiger partial charge in [0.15, 0.2) is 0 Å². The molecule has 0 saturated heterocycles. The zero-order valence-corrected chi connectivity index (χ0v) is 8.50. The van der Waals surface area contributed by atoms with E-state index in [1.807, 2.05) is 4.98 Å². The molecule has 0 spiro atoms. The van der Waals surface area contributed by atoms with Gasteiger partial charge in [-0.3, -0.25) is 10.1 Å². The Kier molecular flexibility index (Phi) is 2.30. The fourth-order valence-electron chi connectivity index (χ4n) is 1.51. The van der Waals surface area contributed by atoms with Crippen LogP contribution in [-0.2, 0) is 6.18 Å². The number of imidazole rings is 1. The highest BCUT2D eigenvalue weighted by Gasteiger charge is 2.35. The number of rotatable bonds is 1. The average molecular weight is 245 g/mol. The Hall–Kier alpha value is -2.12. The fourth-order valence-corrected chi connectivity index (χ4v) is 1.51. The molecule has 0 aliphatic heterocycles. The van der Waals surface area contributed by atoms with Crippen molar-refractivity contribution in [1.29, 1.82) is 0 Å². The molecule has 0 radical (unpaired) electrons. The number of hydrogen-bond donors (Lipinski definition) is 1. The predicted molar refractivity (Wildman–Crippen MR) is 52.5 cm³/mol. The zero-order chi connectivity index (χ0) is 12.8. The van der Waals surface area contributed by atoms with Crippen molar-refractivity contribution in [2.75, 3.05) is 0 Å². The van der Waals surface area contributed by atoms with Crippen LogP contribution in [-0.4, -0.2) is 14.9 Å². The summed E-state index contributed by atoms with van der Waals surface area (Å²) in [5.74, 6) is -1.16. The number of halogens is 3. The highest BCUT2D eigenvalue weighted by molar-refractivity contribution is 5.81. The van der Waals surface area contributed by atoms with Gasteiger partial charge in [-0.1, -0.05) is 0 Å². The second kappa shape index (κ2) is 3.44. The normalized spacial score (nSPS) is 12.0. The first-order chi connectivity index (χ1) is 7.79. The van der Waals surface area contributed by atoms with E-state index in [0.717, 1.165) is 6.07 Å². The maximum absolute atomic E-state index is 12.4. The first kappa shape index (κ1) is 11.4. The van der Waals surface area contributed by atoms with Gasteiger partial charge in [-0.2, -0.15) is 13.2 Å². The third-order valence-electron chi connectivity index (χ3n) is 2.24. The highest BCUT2D eigenvalue weighted by Crippen LogP contribution is 2.30. The predicted octanol–water partition coefficient (Wildman–Crippen LogP) is 2.80. The van der Waals surface area contributed by atoms with E-state index in [9.17, 15) is 23.3 Å². The Labute approximate surface area is 92.4 Å². The van der Waals surface area contributed by atoms with E-state index in [-0.39, 0.29) is 16.7 Å². The third kappa shape index (κ3) is 1.93. The molecule has 2 aromatic rings. The zero-order valence-electron chi connectivity index (χ0n) is 8.50. The smallest absolute Gasteiger partial charge is 0.334 e. The number of aromatic amines is 1. The summed E-state index contributed by atoms with van der Waals surface area (Å²) in [5.41, 5.74) is 0.139. The van der Waals surface area contributed by atoms with E-state index in [0.29, 0.717) is 5.56 Å². The molecule has 0 amide bonds. The summed E-state index contributed by atoms with van der Waals surface area (Å²) < 4.78 is 37.2. The van der Waals surface area contributed by atoms with Crippen LogP contribution >= 0.6 is 0 Å². The fraction of sp³-hybridized carbons (Fsp3) is 0.222. The van der Waals surface area contributed by atoms with Gasteiger partial charge in [-0.15, -0.1) is 0 Å². The van der Waals surface area contributed by atoms with Gasteiger partial charge in [0, 0.05) is 12.1 Å². The monoisotopic (exact) mass is 245 g/mol. The Bertz CT molecular complexity index is 603. The van der Waals surface area contributed by atoms with E-state index in [4.69, 9.17) is 0 Å². The SMILES string of the molecule is Cc1cc([N+](=O)[O-])cc2[nH]c(C(F)(F)F)nc12. The topological polar surface area (TPSA) is 71.8 Å². The second-order valence-corrected chi connectivity index (χ2v) is 3.50. The molecule has 0 aliphatic carbocycles. The van der Waals surface area contributed by atoms with Crippen LogP contribution in [0.25, 0.3) is 11.0 Å². The number of aryl methyl sites for hydroxylation is 1. The Morgan fingerprint density at radius 1 is 1.41 bits per heavy atom. The Balaban J connectivity index is 2.69. The van der Waals surface area contributed by atoms with Crippen molar-refractivity contribution in [3.63, 3.8) is 0 Å². The molecule has 0 unspecified atom stereocenters. The summed E-state index contributed by atoms with van der Waals surface area (Å²) in [6.07, 6.45) is -4.60. The number of benzene rings is 1. The molecule has 0 aliphatic rings. The summed E-state index contributed by atoms with van der Waals surface area (Å²) >= 11 is 0. The quantitative estimate of drug-likeness (QED) is 0.620. The summed E-state index contributed by atoms with van der Waals surface area (Å²) in [6, 6.07) is 2.22. The molecule has 1 N–H and O–H groups in total. The molecule has 5 nitrogen and oxygen atoms in total. The van der Waals surface area contributed by atoms with Gasteiger partial charge in [-0.25, -0.2) is 4.98 Å². The number of nitro groups is 1. The summed E-state index contributed by atoms with van der Waals surface area (Å²) in [5, 5.41) is 10.5. The lowest BCUT2D eigenvalue weighted by atomic mass is 10.2. The lowest BCUT2D eigenvalue weighted by molar-refractivity contribution is -0.384. The minimum atomic E-state index is -4.60. The van der Waals surface area contributed by atoms with Gasteiger partial charge in [-0.05, 0) is 12.5 Å². The first-order valence-electron chi connectivity index (χ1n) is 4.51. The lowest BCUT2D eigenvalue weighted by Crippen LogP contribution is -2.06. The molecule has 8 heteroatoms. The summed E-state index contributed by atoms with van der Waals surface area (Å²) in [7, 11) is 0. The van der Waals surface area contributed by atoms with Crippen LogP contribution in [0, 0.1) is 17.0 Å². The number of hydrogen-bond acceptors (Lipinski definition) is 3. The van der Waals surface area contributed by atoms with E-state index >= 15 is 0 Å². The minimum absolute atomic E-state index is 0.00373. The average Bonchev–Trinajstić information content (AvgIpc) is 2.60. The van der Waals surface area contributed by atoms with Crippen LogP contribution in [0.1, 0.15) is 11.4 Å². The van der Waals surface area contributed by atoms with Crippen molar-refractivity contribution >= 4 is 16.7 Å². The molecular weight excluding hydrogens is 239 g/mol. The van der Waals surface area contributed by atoms with Gasteiger partial charge in [0.05, 0.1) is 16.0 Å². The van der Waals surface area contributed by atoms with E-state index < -0.39 is 16.9 Å². The standard InChI is InChI=1S/C9H6F3N3O2/c1-4-2-5(15(16)17)3-6-7(4)14-8(13-6)9(10,11)12/h2-3H,1H3,(H,13,14). The van der Waals surface area contributed by atoms with Crippen molar-refractivity contribution in [3.8, 4) is 0 Å². The number of nitro benzene ring substituents is 1. The molecule has 17 heavy (non-hydrogen) atoms. The molecule has 0 bridgehead atoms.